The molecule has 124 valence electrons. The van der Waals surface area contributed by atoms with Gasteiger partial charge in [0.2, 0.25) is 5.91 Å². The maximum atomic E-state index is 12.3. The molecule has 2 rings (SSSR count). The molecule has 22 heavy (non-hydrogen) atoms. The van der Waals surface area contributed by atoms with Gasteiger partial charge in [-0.15, -0.1) is 0 Å². The summed E-state index contributed by atoms with van der Waals surface area (Å²) in [4.78, 5) is 16.9. The Balaban J connectivity index is 1.91. The van der Waals surface area contributed by atoms with Crippen molar-refractivity contribution in [2.24, 2.45) is 0 Å². The van der Waals surface area contributed by atoms with Crippen LogP contribution in [0.25, 0.3) is 0 Å². The number of carbonyl (C=O) groups excluding carboxylic acids is 1. The zero-order chi connectivity index (χ0) is 15.9. The molecular formula is C16H29N5O. The Labute approximate surface area is 133 Å². The molecule has 1 saturated heterocycles. The first kappa shape index (κ1) is 17.0. The molecule has 0 unspecified atom stereocenters. The lowest BCUT2D eigenvalue weighted by molar-refractivity contribution is -0.117. The predicted octanol–water partition coefficient (Wildman–Crippen LogP) is 1.82. The second-order valence-corrected chi connectivity index (χ2v) is 6.11. The molecule has 0 spiro atoms. The van der Waals surface area contributed by atoms with E-state index in [-0.39, 0.29) is 5.91 Å². The van der Waals surface area contributed by atoms with Crippen LogP contribution in [0.4, 0.5) is 5.82 Å². The number of nitrogens with zero attached hydrogens (tertiary/aromatic N) is 4. The zero-order valence-corrected chi connectivity index (χ0v) is 14.1. The van der Waals surface area contributed by atoms with Gasteiger partial charge >= 0.3 is 0 Å². The zero-order valence-electron chi connectivity index (χ0n) is 14.1. The minimum Gasteiger partial charge on any atom is -0.310 e. The fourth-order valence-corrected chi connectivity index (χ4v) is 2.98. The number of hydrogen-bond acceptors (Lipinski definition) is 4. The lowest BCUT2D eigenvalue weighted by atomic mass is 10.2. The highest BCUT2D eigenvalue weighted by molar-refractivity contribution is 5.91. The van der Waals surface area contributed by atoms with E-state index in [1.165, 1.54) is 0 Å². The van der Waals surface area contributed by atoms with Crippen LogP contribution in [0.3, 0.4) is 0 Å². The first-order valence-electron chi connectivity index (χ1n) is 8.38. The van der Waals surface area contributed by atoms with Crippen LogP contribution >= 0.6 is 0 Å². The molecule has 0 radical (unpaired) electrons. The van der Waals surface area contributed by atoms with Crippen molar-refractivity contribution in [1.29, 1.82) is 0 Å². The van der Waals surface area contributed by atoms with Crippen LogP contribution in [-0.4, -0.2) is 65.3 Å². The minimum absolute atomic E-state index is 0.0530. The number of nitrogens with one attached hydrogen (secondary N) is 1. The van der Waals surface area contributed by atoms with Gasteiger partial charge in [0.05, 0.1) is 18.8 Å². The highest BCUT2D eigenvalue weighted by Gasteiger charge is 2.17. The molecule has 1 aromatic rings. The standard InChI is InChI=1S/C16H29N5O/c1-4-14(5-2)21-15(7-8-17-21)18-16(22)13-20-10-6-9-19(3)11-12-20/h7-8,14H,4-6,9-13H2,1-3H3,(H,18,22). The van der Waals surface area contributed by atoms with Gasteiger partial charge < -0.3 is 10.2 Å². The molecule has 0 aliphatic carbocycles. The molecule has 1 fully saturated rings. The van der Waals surface area contributed by atoms with Crippen molar-refractivity contribution < 1.29 is 4.79 Å². The maximum absolute atomic E-state index is 12.3. The Hall–Kier alpha value is -1.40. The van der Waals surface area contributed by atoms with E-state index in [2.05, 4.69) is 41.1 Å². The van der Waals surface area contributed by atoms with Crippen LogP contribution in [0.15, 0.2) is 12.3 Å². The van der Waals surface area contributed by atoms with Crippen molar-refractivity contribution in [1.82, 2.24) is 19.6 Å². The van der Waals surface area contributed by atoms with E-state index < -0.39 is 0 Å². The monoisotopic (exact) mass is 307 g/mol. The van der Waals surface area contributed by atoms with Gasteiger partial charge in [0.15, 0.2) is 0 Å². The van der Waals surface area contributed by atoms with Crippen molar-refractivity contribution >= 4 is 11.7 Å². The molecule has 0 atom stereocenters. The smallest absolute Gasteiger partial charge is 0.239 e. The quantitative estimate of drug-likeness (QED) is 0.871. The van der Waals surface area contributed by atoms with Gasteiger partial charge in [-0.2, -0.15) is 5.10 Å². The van der Waals surface area contributed by atoms with E-state index in [1.54, 1.807) is 6.20 Å². The summed E-state index contributed by atoms with van der Waals surface area (Å²) in [5.41, 5.74) is 0. The van der Waals surface area contributed by atoms with Crippen LogP contribution in [0.5, 0.6) is 0 Å². The highest BCUT2D eigenvalue weighted by atomic mass is 16.2. The predicted molar refractivity (Wildman–Crippen MR) is 89.0 cm³/mol. The third-order valence-electron chi connectivity index (χ3n) is 4.41. The Bertz CT molecular complexity index is 469. The van der Waals surface area contributed by atoms with Gasteiger partial charge in [0.25, 0.3) is 0 Å². The third kappa shape index (κ3) is 4.55. The second-order valence-electron chi connectivity index (χ2n) is 6.11. The molecule has 0 aromatic carbocycles. The minimum atomic E-state index is 0.0530. The summed E-state index contributed by atoms with van der Waals surface area (Å²) in [6.07, 6.45) is 4.91. The number of carbonyl (C=O) groups is 1. The first-order chi connectivity index (χ1) is 10.6. The first-order valence-corrected chi connectivity index (χ1v) is 8.38. The average Bonchev–Trinajstić information content (AvgIpc) is 2.84. The van der Waals surface area contributed by atoms with Crippen LogP contribution in [0.2, 0.25) is 0 Å². The van der Waals surface area contributed by atoms with Crippen LogP contribution in [-0.2, 0) is 4.79 Å². The van der Waals surface area contributed by atoms with Gasteiger partial charge in [0, 0.05) is 19.2 Å². The van der Waals surface area contributed by atoms with E-state index in [4.69, 9.17) is 0 Å². The summed E-state index contributed by atoms with van der Waals surface area (Å²) < 4.78 is 1.94. The molecule has 2 heterocycles. The lowest BCUT2D eigenvalue weighted by Gasteiger charge is -2.21. The molecule has 0 bridgehead atoms. The molecule has 1 aromatic heterocycles. The largest absolute Gasteiger partial charge is 0.310 e. The molecule has 6 nitrogen and oxygen atoms in total. The number of hydrogen-bond donors (Lipinski definition) is 1. The van der Waals surface area contributed by atoms with Crippen molar-refractivity contribution in [3.8, 4) is 0 Å². The van der Waals surface area contributed by atoms with Crippen LogP contribution in [0.1, 0.15) is 39.2 Å². The number of anilines is 1. The fourth-order valence-electron chi connectivity index (χ4n) is 2.98. The van der Waals surface area contributed by atoms with Crippen LogP contribution in [0, 0.1) is 0 Å². The number of amides is 1. The number of aromatic nitrogens is 2. The van der Waals surface area contributed by atoms with E-state index in [1.807, 2.05) is 10.7 Å². The van der Waals surface area contributed by atoms with Gasteiger partial charge in [-0.25, -0.2) is 4.68 Å². The summed E-state index contributed by atoms with van der Waals surface area (Å²) in [5, 5.41) is 7.39. The topological polar surface area (TPSA) is 53.4 Å². The van der Waals surface area contributed by atoms with E-state index >= 15 is 0 Å². The molecular weight excluding hydrogens is 278 g/mol. The summed E-state index contributed by atoms with van der Waals surface area (Å²) in [6, 6.07) is 2.23. The van der Waals surface area contributed by atoms with Gasteiger partial charge in [0.1, 0.15) is 5.82 Å². The summed E-state index contributed by atoms with van der Waals surface area (Å²) >= 11 is 0. The number of likely N-dealkylation sites (N-methyl/N-ethyl adjacent to an activating group) is 1. The molecule has 6 heteroatoms. The van der Waals surface area contributed by atoms with Gasteiger partial charge in [-0.3, -0.25) is 9.69 Å². The average molecular weight is 307 g/mol. The molecule has 1 amide bonds. The van der Waals surface area contributed by atoms with Gasteiger partial charge in [-0.1, -0.05) is 13.8 Å². The third-order valence-corrected chi connectivity index (χ3v) is 4.41. The highest BCUT2D eigenvalue weighted by Crippen LogP contribution is 2.20. The van der Waals surface area contributed by atoms with Crippen molar-refractivity contribution in [2.45, 2.75) is 39.2 Å². The summed E-state index contributed by atoms with van der Waals surface area (Å²) in [6.45, 7) is 8.84. The Morgan fingerprint density at radius 1 is 1.27 bits per heavy atom. The molecule has 1 N–H and O–H groups in total. The number of rotatable bonds is 6. The fraction of sp³-hybridized carbons (Fsp3) is 0.750. The normalized spacial score (nSPS) is 17.6. The van der Waals surface area contributed by atoms with Crippen molar-refractivity contribution in [3.63, 3.8) is 0 Å². The van der Waals surface area contributed by atoms with E-state index in [0.29, 0.717) is 12.6 Å². The molecule has 1 aliphatic heterocycles. The van der Waals surface area contributed by atoms with Crippen molar-refractivity contribution in [2.75, 3.05) is 45.1 Å². The van der Waals surface area contributed by atoms with Crippen molar-refractivity contribution in [3.05, 3.63) is 12.3 Å². The Morgan fingerprint density at radius 2 is 2.05 bits per heavy atom. The Morgan fingerprint density at radius 3 is 2.77 bits per heavy atom. The molecule has 1 aliphatic rings. The summed E-state index contributed by atoms with van der Waals surface area (Å²) in [7, 11) is 2.14. The molecule has 0 saturated carbocycles. The van der Waals surface area contributed by atoms with E-state index in [9.17, 15) is 4.79 Å². The Kier molecular flexibility index (Phi) is 6.39. The maximum Gasteiger partial charge on any atom is 0.239 e. The van der Waals surface area contributed by atoms with E-state index in [0.717, 1.165) is 51.3 Å². The van der Waals surface area contributed by atoms with Gasteiger partial charge in [-0.05, 0) is 39.4 Å². The second kappa shape index (κ2) is 8.29. The van der Waals surface area contributed by atoms with Crippen LogP contribution < -0.4 is 5.32 Å². The lowest BCUT2D eigenvalue weighted by Crippen LogP contribution is -2.36. The SMILES string of the molecule is CCC(CC)n1nccc1NC(=O)CN1CCCN(C)CC1. The summed E-state index contributed by atoms with van der Waals surface area (Å²) in [5.74, 6) is 0.864.